The van der Waals surface area contributed by atoms with E-state index in [1.807, 2.05) is 0 Å². The van der Waals surface area contributed by atoms with E-state index in [4.69, 9.17) is 5.11 Å². The molecular weight excluding hydrogens is 329 g/mol. The summed E-state index contributed by atoms with van der Waals surface area (Å²) in [4.78, 5) is 22.8. The van der Waals surface area contributed by atoms with Crippen LogP contribution in [-0.4, -0.2) is 38.5 Å². The Morgan fingerprint density at radius 1 is 1.33 bits per heavy atom. The Labute approximate surface area is 134 Å². The average Bonchev–Trinajstić information content (AvgIpc) is 2.91. The van der Waals surface area contributed by atoms with Crippen LogP contribution in [0.1, 0.15) is 32.0 Å². The maximum absolute atomic E-state index is 13.0. The number of carbonyl (C=O) groups is 2. The van der Waals surface area contributed by atoms with Crippen LogP contribution in [0, 0.1) is 0 Å². The van der Waals surface area contributed by atoms with E-state index in [0.717, 1.165) is 12.1 Å². The third-order valence-corrected chi connectivity index (χ3v) is 3.13. The molecule has 0 fully saturated rings. The van der Waals surface area contributed by atoms with E-state index in [-0.39, 0.29) is 6.54 Å². The number of hydrogen-bond donors (Lipinski definition) is 2. The number of rotatable bonds is 5. The predicted octanol–water partition coefficient (Wildman–Crippen LogP) is 1.50. The van der Waals surface area contributed by atoms with Gasteiger partial charge >= 0.3 is 12.1 Å². The van der Waals surface area contributed by atoms with Crippen LogP contribution in [-0.2, 0) is 19.6 Å². The highest BCUT2D eigenvalue weighted by atomic mass is 19.4. The Bertz CT molecular complexity index is 771. The molecule has 2 aromatic rings. The summed E-state index contributed by atoms with van der Waals surface area (Å²) in [5, 5.41) is 18.6. The zero-order valence-corrected chi connectivity index (χ0v) is 12.5. The van der Waals surface area contributed by atoms with Gasteiger partial charge in [0.15, 0.2) is 0 Å². The molecule has 1 heterocycles. The number of hydrogen-bond acceptors (Lipinski definition) is 4. The molecule has 0 bridgehead atoms. The highest BCUT2D eigenvalue weighted by Crippen LogP contribution is 2.32. The fraction of sp³-hybridized carbons (Fsp3) is 0.286. The average molecular weight is 342 g/mol. The minimum Gasteiger partial charge on any atom is -0.478 e. The van der Waals surface area contributed by atoms with Crippen LogP contribution in [0.15, 0.2) is 24.4 Å². The summed E-state index contributed by atoms with van der Waals surface area (Å²) in [5.74, 6) is -2.45. The van der Waals surface area contributed by atoms with Gasteiger partial charge in [-0.3, -0.25) is 9.48 Å². The Morgan fingerprint density at radius 2 is 2.04 bits per heavy atom. The summed E-state index contributed by atoms with van der Waals surface area (Å²) < 4.78 is 40.6. The van der Waals surface area contributed by atoms with Crippen molar-refractivity contribution in [2.24, 2.45) is 7.05 Å². The van der Waals surface area contributed by atoms with Crippen molar-refractivity contribution in [3.63, 3.8) is 0 Å². The molecule has 0 aliphatic heterocycles. The normalized spacial score (nSPS) is 11.3. The Balaban J connectivity index is 2.14. The summed E-state index contributed by atoms with van der Waals surface area (Å²) in [6, 6.07) is 2.25. The lowest BCUT2D eigenvalue weighted by molar-refractivity contribution is -0.137. The van der Waals surface area contributed by atoms with Crippen molar-refractivity contribution in [2.75, 3.05) is 6.54 Å². The molecule has 1 aromatic heterocycles. The Hall–Kier alpha value is -2.91. The van der Waals surface area contributed by atoms with Gasteiger partial charge in [-0.05, 0) is 18.2 Å². The van der Waals surface area contributed by atoms with Gasteiger partial charge in [-0.15, -0.1) is 5.10 Å². The monoisotopic (exact) mass is 342 g/mol. The lowest BCUT2D eigenvalue weighted by atomic mass is 10.0. The number of halogens is 3. The Kier molecular flexibility index (Phi) is 4.86. The number of amides is 1. The zero-order chi connectivity index (χ0) is 17.9. The third-order valence-electron chi connectivity index (χ3n) is 3.13. The van der Waals surface area contributed by atoms with Gasteiger partial charge in [0.25, 0.3) is 5.91 Å². The van der Waals surface area contributed by atoms with Gasteiger partial charge in [0.05, 0.1) is 22.4 Å². The van der Waals surface area contributed by atoms with Crippen molar-refractivity contribution in [2.45, 2.75) is 12.6 Å². The fourth-order valence-electron chi connectivity index (χ4n) is 2.02. The van der Waals surface area contributed by atoms with E-state index in [0.29, 0.717) is 18.2 Å². The van der Waals surface area contributed by atoms with Crippen molar-refractivity contribution in [1.82, 2.24) is 20.3 Å². The summed E-state index contributed by atoms with van der Waals surface area (Å²) in [5.41, 5.74) is -1.89. The van der Waals surface area contributed by atoms with Crippen molar-refractivity contribution in [3.8, 4) is 0 Å². The van der Waals surface area contributed by atoms with E-state index in [2.05, 4.69) is 15.6 Å². The van der Waals surface area contributed by atoms with Crippen molar-refractivity contribution in [3.05, 3.63) is 46.8 Å². The fourth-order valence-corrected chi connectivity index (χ4v) is 2.02. The first-order chi connectivity index (χ1) is 11.2. The minimum absolute atomic E-state index is 0.0650. The maximum atomic E-state index is 13.0. The number of carboxylic acid groups (broad SMARTS) is 1. The van der Waals surface area contributed by atoms with Crippen LogP contribution >= 0.6 is 0 Å². The number of nitrogens with one attached hydrogen (secondary N) is 1. The van der Waals surface area contributed by atoms with Gasteiger partial charge in [-0.1, -0.05) is 5.21 Å². The molecule has 7 nitrogen and oxygen atoms in total. The minimum atomic E-state index is -4.84. The molecule has 0 atom stereocenters. The predicted molar refractivity (Wildman–Crippen MR) is 75.4 cm³/mol. The second-order valence-electron chi connectivity index (χ2n) is 4.95. The first kappa shape index (κ1) is 17.4. The molecule has 24 heavy (non-hydrogen) atoms. The highest BCUT2D eigenvalue weighted by Gasteiger charge is 2.36. The van der Waals surface area contributed by atoms with Crippen LogP contribution in [0.4, 0.5) is 13.2 Å². The van der Waals surface area contributed by atoms with Crippen LogP contribution in [0.2, 0.25) is 0 Å². The number of aromatic carboxylic acids is 1. The van der Waals surface area contributed by atoms with E-state index >= 15 is 0 Å². The summed E-state index contributed by atoms with van der Waals surface area (Å²) >= 11 is 0. The number of alkyl halides is 3. The van der Waals surface area contributed by atoms with Crippen LogP contribution in [0.3, 0.4) is 0 Å². The van der Waals surface area contributed by atoms with E-state index < -0.39 is 34.7 Å². The van der Waals surface area contributed by atoms with Gasteiger partial charge in [0.1, 0.15) is 0 Å². The number of aryl methyl sites for hydroxylation is 1. The molecule has 0 aliphatic carbocycles. The molecule has 0 spiro atoms. The van der Waals surface area contributed by atoms with Crippen LogP contribution in [0.5, 0.6) is 0 Å². The number of carboxylic acids is 1. The molecule has 0 saturated carbocycles. The van der Waals surface area contributed by atoms with Gasteiger partial charge in [-0.25, -0.2) is 4.79 Å². The van der Waals surface area contributed by atoms with E-state index in [1.54, 1.807) is 13.2 Å². The summed E-state index contributed by atoms with van der Waals surface area (Å²) in [6.07, 6.45) is -2.92. The standard InChI is InChI=1S/C14H13F3N4O3/c1-21-7-9(19-20-21)4-5-18-12(22)10-3-2-8(13(23)24)6-11(10)14(15,16)17/h2-3,6-7H,4-5H2,1H3,(H,18,22)(H,23,24). The Morgan fingerprint density at radius 3 is 2.58 bits per heavy atom. The molecule has 1 amide bonds. The van der Waals surface area contributed by atoms with Crippen molar-refractivity contribution >= 4 is 11.9 Å². The topological polar surface area (TPSA) is 97.1 Å². The number of benzene rings is 1. The van der Waals surface area contributed by atoms with E-state index in [1.165, 1.54) is 4.68 Å². The molecule has 10 heteroatoms. The number of carbonyl (C=O) groups excluding carboxylic acids is 1. The van der Waals surface area contributed by atoms with Gasteiger partial charge in [0.2, 0.25) is 0 Å². The third kappa shape index (κ3) is 4.09. The molecule has 0 aliphatic rings. The lowest BCUT2D eigenvalue weighted by Gasteiger charge is -2.13. The van der Waals surface area contributed by atoms with Gasteiger partial charge in [-0.2, -0.15) is 13.2 Å². The first-order valence-electron chi connectivity index (χ1n) is 6.76. The number of nitrogens with zero attached hydrogens (tertiary/aromatic N) is 3. The molecular formula is C14H13F3N4O3. The van der Waals surface area contributed by atoms with Gasteiger partial charge in [0, 0.05) is 26.2 Å². The molecule has 2 rings (SSSR count). The summed E-state index contributed by atoms with van der Waals surface area (Å²) in [6.45, 7) is 0.0650. The molecule has 0 radical (unpaired) electrons. The lowest BCUT2D eigenvalue weighted by Crippen LogP contribution is -2.28. The van der Waals surface area contributed by atoms with E-state index in [9.17, 15) is 22.8 Å². The quantitative estimate of drug-likeness (QED) is 0.858. The molecule has 0 saturated heterocycles. The largest absolute Gasteiger partial charge is 0.478 e. The smallest absolute Gasteiger partial charge is 0.417 e. The number of aromatic nitrogens is 3. The maximum Gasteiger partial charge on any atom is 0.417 e. The second-order valence-corrected chi connectivity index (χ2v) is 4.95. The highest BCUT2D eigenvalue weighted by molar-refractivity contribution is 5.97. The van der Waals surface area contributed by atoms with Crippen molar-refractivity contribution in [1.29, 1.82) is 0 Å². The molecule has 128 valence electrons. The summed E-state index contributed by atoms with van der Waals surface area (Å²) in [7, 11) is 1.66. The molecule has 1 aromatic carbocycles. The van der Waals surface area contributed by atoms with Crippen molar-refractivity contribution < 1.29 is 27.9 Å². The SMILES string of the molecule is Cn1cc(CCNC(=O)c2ccc(C(=O)O)cc2C(F)(F)F)nn1. The van der Waals surface area contributed by atoms with Gasteiger partial charge < -0.3 is 10.4 Å². The van der Waals surface area contributed by atoms with Crippen LogP contribution < -0.4 is 5.32 Å². The zero-order valence-electron chi connectivity index (χ0n) is 12.5. The molecule has 2 N–H and O–H groups in total. The van der Waals surface area contributed by atoms with Crippen LogP contribution in [0.25, 0.3) is 0 Å². The first-order valence-corrected chi connectivity index (χ1v) is 6.76. The second kappa shape index (κ2) is 6.69. The molecule has 0 unspecified atom stereocenters.